The van der Waals surface area contributed by atoms with Gasteiger partial charge in [-0.3, -0.25) is 4.79 Å². The van der Waals surface area contributed by atoms with E-state index < -0.39 is 18.6 Å². The van der Waals surface area contributed by atoms with Crippen LogP contribution in [0.4, 0.5) is 0 Å². The Morgan fingerprint density at radius 3 is 2.75 bits per heavy atom. The minimum atomic E-state index is -1.23. The van der Waals surface area contributed by atoms with Crippen LogP contribution in [0.25, 0.3) is 0 Å². The highest BCUT2D eigenvalue weighted by Gasteiger charge is 2.18. The molecule has 5 nitrogen and oxygen atoms in total. The van der Waals surface area contributed by atoms with Crippen LogP contribution in [0, 0.1) is 0 Å². The van der Waals surface area contributed by atoms with Crippen molar-refractivity contribution in [3.63, 3.8) is 0 Å². The number of carbonyl (C=O) groups is 2. The zero-order valence-electron chi connectivity index (χ0n) is 8.55. The fraction of sp³-hybridized carbons (Fsp3) is 0.400. The number of hydrogen-bond donors (Lipinski definition) is 3. The predicted octanol–water partition coefficient (Wildman–Crippen LogP) is 0.242. The highest BCUT2D eigenvalue weighted by Crippen LogP contribution is 2.10. The average Bonchev–Trinajstić information content (AvgIpc) is 2.75. The summed E-state index contributed by atoms with van der Waals surface area (Å²) in [5, 5.41) is 21.5. The quantitative estimate of drug-likeness (QED) is 0.668. The molecule has 88 valence electrons. The normalized spacial score (nSPS) is 12.1. The maximum atomic E-state index is 11.3. The molecular formula is C10H13NO4S. The Bertz CT molecular complexity index is 350. The molecule has 1 atom stereocenters. The first kappa shape index (κ1) is 12.7. The Morgan fingerprint density at radius 1 is 1.50 bits per heavy atom. The summed E-state index contributed by atoms with van der Waals surface area (Å²) in [4.78, 5) is 22.9. The van der Waals surface area contributed by atoms with Gasteiger partial charge in [-0.05, 0) is 17.9 Å². The van der Waals surface area contributed by atoms with Gasteiger partial charge in [0.25, 0.3) is 0 Å². The number of amides is 1. The van der Waals surface area contributed by atoms with E-state index in [4.69, 9.17) is 10.2 Å². The first-order chi connectivity index (χ1) is 7.63. The molecule has 1 aromatic heterocycles. The van der Waals surface area contributed by atoms with Gasteiger partial charge in [-0.1, -0.05) is 6.07 Å². The number of aliphatic hydroxyl groups is 1. The smallest absolute Gasteiger partial charge is 0.328 e. The van der Waals surface area contributed by atoms with E-state index >= 15 is 0 Å². The number of aryl methyl sites for hydroxylation is 1. The minimum absolute atomic E-state index is 0.226. The van der Waals surface area contributed by atoms with Crippen molar-refractivity contribution in [2.75, 3.05) is 6.61 Å². The van der Waals surface area contributed by atoms with E-state index in [2.05, 4.69) is 5.32 Å². The molecule has 0 aromatic carbocycles. The molecule has 16 heavy (non-hydrogen) atoms. The Kier molecular flexibility index (Phi) is 4.94. The summed E-state index contributed by atoms with van der Waals surface area (Å²) in [6.07, 6.45) is 0.811. The summed E-state index contributed by atoms with van der Waals surface area (Å²) < 4.78 is 0. The number of thiophene rings is 1. The summed E-state index contributed by atoms with van der Waals surface area (Å²) in [6, 6.07) is 2.60. The van der Waals surface area contributed by atoms with Crippen molar-refractivity contribution in [2.24, 2.45) is 0 Å². The lowest BCUT2D eigenvalue weighted by Gasteiger charge is -2.10. The first-order valence-electron chi connectivity index (χ1n) is 4.79. The molecule has 6 heteroatoms. The van der Waals surface area contributed by atoms with Crippen LogP contribution < -0.4 is 5.32 Å². The molecule has 1 aromatic rings. The highest BCUT2D eigenvalue weighted by molar-refractivity contribution is 7.09. The van der Waals surface area contributed by atoms with Crippen molar-refractivity contribution in [2.45, 2.75) is 18.9 Å². The van der Waals surface area contributed by atoms with Crippen molar-refractivity contribution in [1.29, 1.82) is 0 Å². The van der Waals surface area contributed by atoms with Crippen LogP contribution in [0.2, 0.25) is 0 Å². The van der Waals surface area contributed by atoms with E-state index in [0.717, 1.165) is 4.88 Å². The summed E-state index contributed by atoms with van der Waals surface area (Å²) in [5.41, 5.74) is 0. The van der Waals surface area contributed by atoms with Gasteiger partial charge in [-0.2, -0.15) is 0 Å². The van der Waals surface area contributed by atoms with Crippen LogP contribution in [0.3, 0.4) is 0 Å². The van der Waals surface area contributed by atoms with Gasteiger partial charge >= 0.3 is 5.97 Å². The van der Waals surface area contributed by atoms with Crippen molar-refractivity contribution >= 4 is 23.2 Å². The number of rotatable bonds is 6. The van der Waals surface area contributed by atoms with Crippen molar-refractivity contribution in [3.05, 3.63) is 22.4 Å². The lowest BCUT2D eigenvalue weighted by Crippen LogP contribution is -2.43. The molecule has 0 aliphatic rings. The second-order valence-corrected chi connectivity index (χ2v) is 4.25. The molecule has 1 rings (SSSR count). The molecule has 3 N–H and O–H groups in total. The molecule has 1 unspecified atom stereocenters. The van der Waals surface area contributed by atoms with Gasteiger partial charge in [0, 0.05) is 11.3 Å². The number of hydrogen-bond acceptors (Lipinski definition) is 4. The van der Waals surface area contributed by atoms with Crippen LogP contribution in [0.1, 0.15) is 11.3 Å². The molecule has 0 aliphatic heterocycles. The highest BCUT2D eigenvalue weighted by atomic mass is 32.1. The Balaban J connectivity index is 2.33. The summed E-state index contributed by atoms with van der Waals surface area (Å²) in [6.45, 7) is -0.597. The van der Waals surface area contributed by atoms with Gasteiger partial charge in [0.15, 0.2) is 0 Å². The largest absolute Gasteiger partial charge is 0.480 e. The van der Waals surface area contributed by atoms with Gasteiger partial charge in [-0.15, -0.1) is 11.3 Å². The maximum absolute atomic E-state index is 11.3. The van der Waals surface area contributed by atoms with E-state index in [-0.39, 0.29) is 12.3 Å². The third-order valence-corrected chi connectivity index (χ3v) is 2.93. The molecule has 0 bridgehead atoms. The first-order valence-corrected chi connectivity index (χ1v) is 5.67. The van der Waals surface area contributed by atoms with Gasteiger partial charge in [-0.25, -0.2) is 4.79 Å². The van der Waals surface area contributed by atoms with Crippen molar-refractivity contribution in [3.8, 4) is 0 Å². The fourth-order valence-electron chi connectivity index (χ4n) is 1.14. The Morgan fingerprint density at radius 2 is 2.25 bits per heavy atom. The fourth-order valence-corrected chi connectivity index (χ4v) is 1.85. The minimum Gasteiger partial charge on any atom is -0.480 e. The number of carboxylic acid groups (broad SMARTS) is 1. The van der Waals surface area contributed by atoms with E-state index in [0.29, 0.717) is 6.42 Å². The molecule has 1 heterocycles. The number of aliphatic carboxylic acids is 1. The Hall–Kier alpha value is -1.40. The van der Waals surface area contributed by atoms with Gasteiger partial charge in [0.1, 0.15) is 6.04 Å². The number of carbonyl (C=O) groups excluding carboxylic acids is 1. The standard InChI is InChI=1S/C10H13NO4S/c12-6-8(10(14)15)11-9(13)4-3-7-2-1-5-16-7/h1-2,5,8,12H,3-4,6H2,(H,11,13)(H,14,15). The van der Waals surface area contributed by atoms with E-state index in [1.165, 1.54) is 0 Å². The summed E-state index contributed by atoms with van der Waals surface area (Å²) in [7, 11) is 0. The average molecular weight is 243 g/mol. The van der Waals surface area contributed by atoms with Gasteiger partial charge in [0.05, 0.1) is 6.61 Å². The second kappa shape index (κ2) is 6.24. The van der Waals surface area contributed by atoms with Crippen LogP contribution in [-0.4, -0.2) is 34.7 Å². The molecule has 1 amide bonds. The van der Waals surface area contributed by atoms with Crippen LogP contribution in [0.5, 0.6) is 0 Å². The molecule has 0 fully saturated rings. The topological polar surface area (TPSA) is 86.6 Å². The molecule has 0 saturated heterocycles. The number of carboxylic acids is 1. The molecule has 0 spiro atoms. The van der Waals surface area contributed by atoms with E-state index in [1.807, 2.05) is 17.5 Å². The second-order valence-electron chi connectivity index (χ2n) is 3.22. The summed E-state index contributed by atoms with van der Waals surface area (Å²) in [5.74, 6) is -1.60. The van der Waals surface area contributed by atoms with Crippen LogP contribution >= 0.6 is 11.3 Å². The summed E-state index contributed by atoms with van der Waals surface area (Å²) >= 11 is 1.55. The maximum Gasteiger partial charge on any atom is 0.328 e. The van der Waals surface area contributed by atoms with Gasteiger partial charge < -0.3 is 15.5 Å². The molecule has 0 aliphatic carbocycles. The van der Waals surface area contributed by atoms with Gasteiger partial charge in [0.2, 0.25) is 5.91 Å². The number of aliphatic hydroxyl groups excluding tert-OH is 1. The third kappa shape index (κ3) is 4.00. The van der Waals surface area contributed by atoms with Crippen LogP contribution in [-0.2, 0) is 16.0 Å². The molecule has 0 saturated carbocycles. The van der Waals surface area contributed by atoms with E-state index in [9.17, 15) is 9.59 Å². The predicted molar refractivity (Wildman–Crippen MR) is 59.3 cm³/mol. The zero-order chi connectivity index (χ0) is 12.0. The monoisotopic (exact) mass is 243 g/mol. The lowest BCUT2D eigenvalue weighted by molar-refractivity contribution is -0.142. The third-order valence-electron chi connectivity index (χ3n) is 1.99. The van der Waals surface area contributed by atoms with E-state index in [1.54, 1.807) is 11.3 Å². The van der Waals surface area contributed by atoms with Crippen LogP contribution in [0.15, 0.2) is 17.5 Å². The van der Waals surface area contributed by atoms with Crippen molar-refractivity contribution < 1.29 is 19.8 Å². The molecular weight excluding hydrogens is 230 g/mol. The lowest BCUT2D eigenvalue weighted by atomic mass is 10.2. The van der Waals surface area contributed by atoms with Crippen molar-refractivity contribution in [1.82, 2.24) is 5.32 Å². The molecule has 0 radical (unpaired) electrons. The zero-order valence-corrected chi connectivity index (χ0v) is 9.37. The Labute approximate surface area is 96.7 Å². The number of nitrogens with one attached hydrogen (secondary N) is 1. The SMILES string of the molecule is O=C(CCc1cccs1)NC(CO)C(=O)O.